The van der Waals surface area contributed by atoms with Crippen LogP contribution in [0.1, 0.15) is 25.1 Å². The number of hydrogen-bond donors (Lipinski definition) is 1. The first-order valence-corrected chi connectivity index (χ1v) is 17.6. The van der Waals surface area contributed by atoms with Crippen LogP contribution in [0.4, 0.5) is 52.2 Å². The van der Waals surface area contributed by atoms with E-state index in [1.54, 1.807) is 13.8 Å². The summed E-state index contributed by atoms with van der Waals surface area (Å²) >= 11 is 5.47. The normalized spacial score (nSPS) is 13.2. The molecule has 0 radical (unpaired) electrons. The van der Waals surface area contributed by atoms with Gasteiger partial charge >= 0.3 is 12.2 Å². The highest BCUT2D eigenvalue weighted by molar-refractivity contribution is 9.25. The van der Waals surface area contributed by atoms with Gasteiger partial charge < -0.3 is 9.47 Å². The van der Waals surface area contributed by atoms with E-state index in [0.717, 1.165) is 34.7 Å². The van der Waals surface area contributed by atoms with Crippen molar-refractivity contribution in [2.75, 3.05) is 48.5 Å². The van der Waals surface area contributed by atoms with Gasteiger partial charge in [-0.05, 0) is 45.4 Å². The van der Waals surface area contributed by atoms with Crippen LogP contribution in [0.5, 0.6) is 11.5 Å². The number of carbonyl (C=O) groups is 4. The van der Waals surface area contributed by atoms with Gasteiger partial charge in [0.15, 0.2) is 28.1 Å². The second-order valence-electron chi connectivity index (χ2n) is 11.6. The predicted octanol–water partition coefficient (Wildman–Crippen LogP) is 6.32. The van der Waals surface area contributed by atoms with Crippen molar-refractivity contribution in [1.82, 2.24) is 9.78 Å². The van der Waals surface area contributed by atoms with Gasteiger partial charge in [0, 0.05) is 18.2 Å². The molecule has 0 spiro atoms. The van der Waals surface area contributed by atoms with Crippen molar-refractivity contribution in [3.8, 4) is 41.9 Å². The number of hydrogen-bond acceptors (Lipinski definition) is 10. The number of nitrogens with zero attached hydrogens (tertiary/aromatic N) is 5. The summed E-state index contributed by atoms with van der Waals surface area (Å²) in [5, 5.41) is 7.36. The average molecular weight is 970 g/mol. The molecule has 2 aliphatic heterocycles. The maximum absolute atomic E-state index is 14.5. The number of anilines is 3. The van der Waals surface area contributed by atoms with E-state index < -0.39 is 57.0 Å². The summed E-state index contributed by atoms with van der Waals surface area (Å²) in [6.07, 6.45) is 5.38. The second kappa shape index (κ2) is 21.3. The molecule has 5 rings (SSSR count). The highest BCUT2D eigenvalue weighted by Gasteiger charge is 2.40. The van der Waals surface area contributed by atoms with Crippen molar-refractivity contribution in [2.45, 2.75) is 37.1 Å². The average Bonchev–Trinajstić information content (AvgIpc) is 3.14. The Kier molecular flexibility index (Phi) is 17.8. The number of amides is 2. The number of rotatable bonds is 7. The van der Waals surface area contributed by atoms with Crippen molar-refractivity contribution in [3.63, 3.8) is 0 Å². The number of halogens is 10. The van der Waals surface area contributed by atoms with Gasteiger partial charge in [0.05, 0.1) is 35.8 Å². The largest absolute Gasteiger partial charge is 0.481 e. The van der Waals surface area contributed by atoms with Crippen molar-refractivity contribution < 1.29 is 63.8 Å². The molecular weight excluding hydrogens is 940 g/mol. The Morgan fingerprint density at radius 2 is 1.34 bits per heavy atom. The Morgan fingerprint density at radius 3 is 1.78 bits per heavy atom. The zero-order valence-corrected chi connectivity index (χ0v) is 34.1. The van der Waals surface area contributed by atoms with Crippen molar-refractivity contribution in [3.05, 3.63) is 63.6 Å². The number of aryl methyl sites for hydroxylation is 2. The Hall–Kier alpha value is -5.81. The number of fused-ring (bicyclic) bond motifs is 2. The molecule has 0 saturated heterocycles. The van der Waals surface area contributed by atoms with E-state index in [0.29, 0.717) is 16.9 Å². The molecule has 0 fully saturated rings. The highest BCUT2D eigenvalue weighted by atomic mass is 79.9. The highest BCUT2D eigenvalue weighted by Crippen LogP contribution is 2.37. The third-order valence-electron chi connectivity index (χ3n) is 7.33. The first kappa shape index (κ1) is 49.3. The Bertz CT molecular complexity index is 2270. The zero-order valence-electron chi connectivity index (χ0n) is 31.0. The third kappa shape index (κ3) is 13.4. The molecule has 0 saturated carbocycles. The van der Waals surface area contributed by atoms with E-state index in [-0.39, 0.29) is 60.8 Å². The number of carbonyl (C=O) groups excluding carboxylic acids is 4. The molecular formula is C36H30Br2F8N6O7. The summed E-state index contributed by atoms with van der Waals surface area (Å²) in [7, 11) is 0. The summed E-state index contributed by atoms with van der Waals surface area (Å²) in [5.74, 6) is 0.352. The van der Waals surface area contributed by atoms with Gasteiger partial charge in [-0.2, -0.15) is 32.4 Å². The van der Waals surface area contributed by atoms with E-state index in [1.165, 1.54) is 24.0 Å². The Balaban J connectivity index is 0.000000332. The van der Waals surface area contributed by atoms with Gasteiger partial charge in [-0.3, -0.25) is 39.2 Å². The summed E-state index contributed by atoms with van der Waals surface area (Å²) < 4.78 is 106. The van der Waals surface area contributed by atoms with E-state index in [4.69, 9.17) is 22.3 Å². The Morgan fingerprint density at radius 1 is 0.881 bits per heavy atom. The molecule has 2 aromatic carbocycles. The lowest BCUT2D eigenvalue weighted by Crippen LogP contribution is -2.39. The molecule has 23 heteroatoms. The van der Waals surface area contributed by atoms with Gasteiger partial charge in [0.25, 0.3) is 23.2 Å². The zero-order chi connectivity index (χ0) is 45.0. The maximum atomic E-state index is 14.5. The molecule has 0 bridgehead atoms. The predicted molar refractivity (Wildman–Crippen MR) is 206 cm³/mol. The number of terminal acetylenes is 2. The fourth-order valence-electron chi connectivity index (χ4n) is 4.41. The molecule has 2 aliphatic rings. The number of ether oxygens (including phenoxy) is 2. The van der Waals surface area contributed by atoms with Crippen molar-refractivity contribution in [2.24, 2.45) is 5.10 Å². The summed E-state index contributed by atoms with van der Waals surface area (Å²) in [4.78, 5) is 59.1. The molecule has 3 aromatic rings. The lowest BCUT2D eigenvalue weighted by atomic mass is 10.2. The van der Waals surface area contributed by atoms with E-state index in [2.05, 4.69) is 53.9 Å². The molecule has 3 heterocycles. The van der Waals surface area contributed by atoms with Crippen LogP contribution in [0.25, 0.3) is 5.69 Å². The number of nitrogens with one attached hydrogen (secondary N) is 1. The fraction of sp³-hybridized carbons (Fsp3) is 0.306. The number of ketones is 1. The quantitative estimate of drug-likeness (QED) is 0.0717. The molecule has 1 N–H and O–H groups in total. The summed E-state index contributed by atoms with van der Waals surface area (Å²) in [5.41, 5.74) is 2.00. The Labute approximate surface area is 346 Å². The fourth-order valence-corrected chi connectivity index (χ4v) is 4.41. The first-order valence-electron chi connectivity index (χ1n) is 16.0. The van der Waals surface area contributed by atoms with Gasteiger partial charge in [-0.25, -0.2) is 17.6 Å². The number of aromatic nitrogens is 2. The maximum Gasteiger partial charge on any atom is 0.456 e. The van der Waals surface area contributed by atoms with E-state index in [9.17, 15) is 59.1 Å². The van der Waals surface area contributed by atoms with E-state index in [1.807, 2.05) is 5.43 Å². The summed E-state index contributed by atoms with van der Waals surface area (Å²) in [6.45, 7) is 3.31. The van der Waals surface area contributed by atoms with Crippen molar-refractivity contribution >= 4 is 78.3 Å². The smallest absolute Gasteiger partial charge is 0.456 e. The number of Topliss-reactive ketones (excluding diaryl/α,β-unsaturated/α-hetero) is 1. The molecule has 0 aliphatic carbocycles. The number of alkyl halides is 7. The summed E-state index contributed by atoms with van der Waals surface area (Å²) in [6, 6.07) is 4.47. The van der Waals surface area contributed by atoms with Gasteiger partial charge in [0.2, 0.25) is 6.93 Å². The van der Waals surface area contributed by atoms with Crippen LogP contribution < -0.4 is 30.3 Å². The van der Waals surface area contributed by atoms with Gasteiger partial charge in [-0.15, -0.1) is 12.8 Å². The molecule has 1 aromatic heterocycles. The standard InChI is InChI=1S/C17H14FN3O3.C15H11F4N3O3.C3H3Br2FO.CH2F2/c1-4-5-20-14-8-13(12(18)7-15(14)24-9-17(20)23)21-16(22)6-10(2)11(3)19-21;1-3-4-22-11-6-10(9(16)5-12(11)25-7-13(22)23)21-20-8(2)14(24)15(17,18)19;1-3(4,5)2(6)7;2-1-3/h1,6-8H,5,9H2,2-3H3;1,5-6,21H,4,7H2,2H3;1H3;1H2/b;20-8-;;. The second-order valence-corrected chi connectivity index (χ2v) is 15.8. The van der Waals surface area contributed by atoms with Crippen LogP contribution >= 0.6 is 31.9 Å². The molecule has 2 amide bonds. The van der Waals surface area contributed by atoms with Crippen LogP contribution in [0, 0.1) is 50.2 Å². The number of hydrazone groups is 1. The third-order valence-corrected chi connectivity index (χ3v) is 7.96. The van der Waals surface area contributed by atoms with Crippen LogP contribution in [0.3, 0.4) is 0 Å². The van der Waals surface area contributed by atoms with Crippen LogP contribution in [0.15, 0.2) is 40.2 Å². The first-order chi connectivity index (χ1) is 27.4. The van der Waals surface area contributed by atoms with Crippen molar-refractivity contribution in [1.29, 1.82) is 0 Å². The van der Waals surface area contributed by atoms with Crippen LogP contribution in [-0.2, 0) is 19.2 Å². The SMILES string of the molecule is C#CCN1C(=O)COc2cc(F)c(-n3nc(C)c(C)cc3=O)cc21.C#CCN1C(=O)COc2cc(F)c(N/N=C(/C)C(=O)C(F)(F)F)cc21.CC(Br)(Br)C(=O)F.FCF. The minimum atomic E-state index is -5.09. The van der Waals surface area contributed by atoms with Gasteiger partial charge in [0.1, 0.15) is 22.9 Å². The number of benzene rings is 2. The molecule has 13 nitrogen and oxygen atoms in total. The monoisotopic (exact) mass is 968 g/mol. The topological polar surface area (TPSA) is 152 Å². The molecule has 0 unspecified atom stereocenters. The van der Waals surface area contributed by atoms with Crippen LogP contribution in [0.2, 0.25) is 0 Å². The molecule has 0 atom stereocenters. The minimum Gasteiger partial charge on any atom is -0.481 e. The van der Waals surface area contributed by atoms with E-state index >= 15 is 0 Å². The minimum absolute atomic E-state index is 0.0233. The van der Waals surface area contributed by atoms with Crippen LogP contribution in [-0.4, -0.2) is 81.8 Å². The van der Waals surface area contributed by atoms with Gasteiger partial charge in [-0.1, -0.05) is 43.7 Å². The molecule has 59 heavy (non-hydrogen) atoms. The lowest BCUT2D eigenvalue weighted by molar-refractivity contribution is -0.163. The lowest BCUT2D eigenvalue weighted by Gasteiger charge is -2.28. The molecule has 316 valence electrons.